The Morgan fingerprint density at radius 3 is 2.19 bits per heavy atom. The summed E-state index contributed by atoms with van der Waals surface area (Å²) < 4.78 is 1.86. The number of nitrogens with zero attached hydrogens (tertiary/aromatic N) is 2. The predicted octanol–water partition coefficient (Wildman–Crippen LogP) is 2.48. The Balaban J connectivity index is 1.77. The molecule has 1 atom stereocenters. The minimum Gasteiger partial charge on any atom is -0.481 e. The number of para-hydroxylation sites is 2. The van der Waals surface area contributed by atoms with Crippen LogP contribution in [0.5, 0.6) is 0 Å². The lowest BCUT2D eigenvalue weighted by atomic mass is 9.98. The van der Waals surface area contributed by atoms with Crippen molar-refractivity contribution in [3.8, 4) is 0 Å². The average Bonchev–Trinajstić information content (AvgIpc) is 2.71. The molecule has 0 radical (unpaired) electrons. The van der Waals surface area contributed by atoms with E-state index in [1.807, 2.05) is 41.0 Å². The number of hydrogen-bond donors (Lipinski definition) is 1. The third kappa shape index (κ3) is 3.07. The molecule has 27 heavy (non-hydrogen) atoms. The van der Waals surface area contributed by atoms with Gasteiger partial charge in [0.25, 0.3) is 0 Å². The quantitative estimate of drug-likeness (QED) is 0.724. The van der Waals surface area contributed by atoms with Gasteiger partial charge in [0.15, 0.2) is 5.43 Å². The topological polar surface area (TPSA) is 79.6 Å². The van der Waals surface area contributed by atoms with Crippen molar-refractivity contribution in [2.24, 2.45) is 5.92 Å². The zero-order chi connectivity index (χ0) is 19.0. The van der Waals surface area contributed by atoms with Crippen molar-refractivity contribution in [2.45, 2.75) is 19.4 Å². The molecule has 1 N–H and O–H groups in total. The number of aliphatic carboxylic acids is 1. The lowest BCUT2D eigenvalue weighted by molar-refractivity contribution is -0.145. The van der Waals surface area contributed by atoms with Gasteiger partial charge >= 0.3 is 5.97 Å². The van der Waals surface area contributed by atoms with Gasteiger partial charge in [0.2, 0.25) is 5.91 Å². The molecular weight excluding hydrogens is 344 g/mol. The van der Waals surface area contributed by atoms with E-state index in [0.717, 1.165) is 0 Å². The fourth-order valence-corrected chi connectivity index (χ4v) is 3.89. The zero-order valence-electron chi connectivity index (χ0n) is 14.8. The number of hydrogen-bond acceptors (Lipinski definition) is 3. The van der Waals surface area contributed by atoms with Gasteiger partial charge < -0.3 is 14.6 Å². The third-order valence-corrected chi connectivity index (χ3v) is 5.30. The van der Waals surface area contributed by atoms with Crippen molar-refractivity contribution in [3.63, 3.8) is 0 Å². The molecule has 1 fully saturated rings. The van der Waals surface area contributed by atoms with Crippen LogP contribution in [0.15, 0.2) is 53.3 Å². The first-order chi connectivity index (χ1) is 13.1. The Morgan fingerprint density at radius 2 is 1.59 bits per heavy atom. The van der Waals surface area contributed by atoms with Gasteiger partial charge in [-0.2, -0.15) is 0 Å². The highest BCUT2D eigenvalue weighted by atomic mass is 16.4. The molecule has 1 aliphatic rings. The third-order valence-electron chi connectivity index (χ3n) is 5.30. The standard InChI is InChI=1S/C21H20N2O4/c24-19(22-11-5-6-14(12-22)21(26)27)13-23-17-9-3-1-7-15(17)20(25)16-8-2-4-10-18(16)23/h1-4,7-10,14H,5-6,11-13H2,(H,26,27)/t14-/m0/s1. The molecule has 3 aromatic rings. The monoisotopic (exact) mass is 364 g/mol. The zero-order valence-corrected chi connectivity index (χ0v) is 14.8. The maximum Gasteiger partial charge on any atom is 0.308 e. The number of carbonyl (C=O) groups is 2. The first-order valence-electron chi connectivity index (χ1n) is 9.07. The molecule has 1 saturated heterocycles. The molecule has 4 rings (SSSR count). The van der Waals surface area contributed by atoms with E-state index in [1.54, 1.807) is 17.0 Å². The van der Waals surface area contributed by atoms with Gasteiger partial charge in [-0.3, -0.25) is 14.4 Å². The lowest BCUT2D eigenvalue weighted by Crippen LogP contribution is -2.43. The molecular formula is C21H20N2O4. The summed E-state index contributed by atoms with van der Waals surface area (Å²) in [6.45, 7) is 0.885. The molecule has 0 spiro atoms. The number of carbonyl (C=O) groups excluding carboxylic acids is 1. The van der Waals surface area contributed by atoms with Crippen molar-refractivity contribution in [1.82, 2.24) is 9.47 Å². The van der Waals surface area contributed by atoms with E-state index < -0.39 is 11.9 Å². The second-order valence-corrected chi connectivity index (χ2v) is 6.97. The van der Waals surface area contributed by atoms with Crippen molar-refractivity contribution in [3.05, 3.63) is 58.8 Å². The predicted molar refractivity (Wildman–Crippen MR) is 103 cm³/mol. The first kappa shape index (κ1) is 17.3. The second-order valence-electron chi connectivity index (χ2n) is 6.97. The van der Waals surface area contributed by atoms with Gasteiger partial charge in [-0.05, 0) is 37.1 Å². The number of amides is 1. The van der Waals surface area contributed by atoms with Gasteiger partial charge in [0.05, 0.1) is 17.0 Å². The first-order valence-corrected chi connectivity index (χ1v) is 9.07. The van der Waals surface area contributed by atoms with E-state index >= 15 is 0 Å². The molecule has 0 aliphatic carbocycles. The van der Waals surface area contributed by atoms with Gasteiger partial charge in [-0.15, -0.1) is 0 Å². The highest BCUT2D eigenvalue weighted by molar-refractivity contribution is 5.94. The minimum atomic E-state index is -0.855. The number of benzene rings is 2. The molecule has 0 bridgehead atoms. The molecule has 0 unspecified atom stereocenters. The molecule has 1 amide bonds. The molecule has 6 heteroatoms. The highest BCUT2D eigenvalue weighted by Gasteiger charge is 2.28. The Morgan fingerprint density at radius 1 is 1.00 bits per heavy atom. The smallest absolute Gasteiger partial charge is 0.308 e. The Hall–Kier alpha value is -3.15. The van der Waals surface area contributed by atoms with Crippen LogP contribution < -0.4 is 5.43 Å². The van der Waals surface area contributed by atoms with Crippen LogP contribution >= 0.6 is 0 Å². The number of fused-ring (bicyclic) bond motifs is 2. The number of aromatic nitrogens is 1. The van der Waals surface area contributed by atoms with Crippen molar-refractivity contribution < 1.29 is 14.7 Å². The summed E-state index contributed by atoms with van der Waals surface area (Å²) in [5.74, 6) is -1.49. The summed E-state index contributed by atoms with van der Waals surface area (Å²) >= 11 is 0. The second kappa shape index (κ2) is 6.87. The van der Waals surface area contributed by atoms with Crippen LogP contribution in [0.25, 0.3) is 21.8 Å². The molecule has 2 heterocycles. The minimum absolute atomic E-state index is 0.0474. The van der Waals surface area contributed by atoms with Crippen LogP contribution in [0.4, 0.5) is 0 Å². The number of likely N-dealkylation sites (tertiary alicyclic amines) is 1. The fraction of sp³-hybridized carbons (Fsp3) is 0.286. The van der Waals surface area contributed by atoms with Crippen LogP contribution in [0.3, 0.4) is 0 Å². The number of carboxylic acids is 1. The molecule has 0 saturated carbocycles. The van der Waals surface area contributed by atoms with Gasteiger partial charge in [0.1, 0.15) is 6.54 Å². The Labute approximate surface area is 155 Å². The van der Waals surface area contributed by atoms with Gasteiger partial charge in [-0.25, -0.2) is 0 Å². The van der Waals surface area contributed by atoms with Crippen LogP contribution in [-0.2, 0) is 16.1 Å². The summed E-state index contributed by atoms with van der Waals surface area (Å²) in [4.78, 5) is 38.6. The largest absolute Gasteiger partial charge is 0.481 e. The maximum absolute atomic E-state index is 12.9. The van der Waals surface area contributed by atoms with E-state index in [0.29, 0.717) is 41.2 Å². The van der Waals surface area contributed by atoms with Crippen molar-refractivity contribution in [1.29, 1.82) is 0 Å². The van der Waals surface area contributed by atoms with Gasteiger partial charge in [0, 0.05) is 23.9 Å². The normalized spacial score (nSPS) is 17.3. The van der Waals surface area contributed by atoms with Crippen LogP contribution in [0.1, 0.15) is 12.8 Å². The number of pyridine rings is 1. The van der Waals surface area contributed by atoms with Crippen LogP contribution in [-0.4, -0.2) is 39.5 Å². The summed E-state index contributed by atoms with van der Waals surface area (Å²) in [6, 6.07) is 14.5. The lowest BCUT2D eigenvalue weighted by Gasteiger charge is -2.31. The molecule has 6 nitrogen and oxygen atoms in total. The molecule has 2 aromatic carbocycles. The molecule has 1 aliphatic heterocycles. The van der Waals surface area contributed by atoms with Crippen molar-refractivity contribution in [2.75, 3.05) is 13.1 Å². The van der Waals surface area contributed by atoms with E-state index in [-0.39, 0.29) is 24.4 Å². The van der Waals surface area contributed by atoms with Crippen LogP contribution in [0.2, 0.25) is 0 Å². The Bertz CT molecular complexity index is 1040. The SMILES string of the molecule is O=C(O)[C@H]1CCCN(C(=O)Cn2c3ccccc3c(=O)c3ccccc32)C1. The van der Waals surface area contributed by atoms with Crippen molar-refractivity contribution >= 4 is 33.7 Å². The summed E-state index contributed by atoms with van der Waals surface area (Å²) in [7, 11) is 0. The number of carboxylic acid groups (broad SMARTS) is 1. The van der Waals surface area contributed by atoms with E-state index in [2.05, 4.69) is 0 Å². The molecule has 138 valence electrons. The summed E-state index contributed by atoms with van der Waals surface area (Å²) in [5.41, 5.74) is 1.37. The average molecular weight is 364 g/mol. The van der Waals surface area contributed by atoms with Crippen LogP contribution in [0, 0.1) is 5.92 Å². The van der Waals surface area contributed by atoms with Gasteiger partial charge in [-0.1, -0.05) is 24.3 Å². The number of piperidine rings is 1. The highest BCUT2D eigenvalue weighted by Crippen LogP contribution is 2.21. The Kier molecular flexibility index (Phi) is 4.39. The number of rotatable bonds is 3. The molecule has 1 aromatic heterocycles. The maximum atomic E-state index is 12.9. The van der Waals surface area contributed by atoms with E-state index in [1.165, 1.54) is 0 Å². The fourth-order valence-electron chi connectivity index (χ4n) is 3.89. The van der Waals surface area contributed by atoms with E-state index in [9.17, 15) is 19.5 Å². The summed E-state index contributed by atoms with van der Waals surface area (Å²) in [6.07, 6.45) is 1.29. The summed E-state index contributed by atoms with van der Waals surface area (Å²) in [5, 5.41) is 10.4. The van der Waals surface area contributed by atoms with E-state index in [4.69, 9.17) is 0 Å².